The van der Waals surface area contributed by atoms with Gasteiger partial charge in [0.25, 0.3) is 0 Å². The Morgan fingerprint density at radius 3 is 2.37 bits per heavy atom. The molecule has 2 unspecified atom stereocenters. The molecule has 0 saturated carbocycles. The van der Waals surface area contributed by atoms with Crippen LogP contribution in [-0.4, -0.2) is 50.6 Å². The summed E-state index contributed by atoms with van der Waals surface area (Å²) in [6.07, 6.45) is 1.78. The van der Waals surface area contributed by atoms with E-state index in [1.807, 2.05) is 19.9 Å². The summed E-state index contributed by atoms with van der Waals surface area (Å²) < 4.78 is 32.9. The molecule has 0 bridgehead atoms. The maximum absolute atomic E-state index is 12.4. The molecule has 0 radical (unpaired) electrons. The maximum atomic E-state index is 12.4. The fraction of sp³-hybridized carbons (Fsp3) is 0.400. The second-order valence-electron chi connectivity index (χ2n) is 7.35. The molecule has 2 heterocycles. The van der Waals surface area contributed by atoms with Crippen molar-refractivity contribution < 1.29 is 17.9 Å². The number of ether oxygens (including phenoxy) is 1. The Morgan fingerprint density at radius 2 is 1.80 bits per heavy atom. The zero-order chi connectivity index (χ0) is 21.9. The Kier molecular flexibility index (Phi) is 6.97. The van der Waals surface area contributed by atoms with Crippen molar-refractivity contribution in [2.75, 3.05) is 23.3 Å². The number of rotatable bonds is 6. The van der Waals surface area contributed by atoms with Crippen LogP contribution in [0.1, 0.15) is 20.8 Å². The zero-order valence-corrected chi connectivity index (χ0v) is 18.6. The van der Waals surface area contributed by atoms with Crippen LogP contribution in [0.5, 0.6) is 0 Å². The molecule has 1 fully saturated rings. The van der Waals surface area contributed by atoms with Gasteiger partial charge in [0, 0.05) is 18.1 Å². The molecule has 2 N–H and O–H groups in total. The third-order valence-corrected chi connectivity index (χ3v) is 6.42. The predicted octanol–water partition coefficient (Wildman–Crippen LogP) is 2.65. The first-order valence-corrected chi connectivity index (χ1v) is 11.5. The van der Waals surface area contributed by atoms with E-state index in [1.165, 1.54) is 31.2 Å². The van der Waals surface area contributed by atoms with Gasteiger partial charge in [-0.25, -0.2) is 13.4 Å². The van der Waals surface area contributed by atoms with Crippen LogP contribution in [0.2, 0.25) is 5.02 Å². The average Bonchev–Trinajstić information content (AvgIpc) is 2.67. The summed E-state index contributed by atoms with van der Waals surface area (Å²) in [6.45, 7) is 6.99. The summed E-state index contributed by atoms with van der Waals surface area (Å²) in [5.74, 6) is 0.308. The van der Waals surface area contributed by atoms with Crippen molar-refractivity contribution in [3.63, 3.8) is 0 Å². The van der Waals surface area contributed by atoms with Gasteiger partial charge in [-0.2, -0.15) is 4.72 Å². The number of carbonyl (C=O) groups is 1. The molecule has 2 aromatic rings. The predicted molar refractivity (Wildman–Crippen MR) is 116 cm³/mol. The third kappa shape index (κ3) is 5.69. The molecule has 1 amide bonds. The number of hydrogen-bond donors (Lipinski definition) is 2. The summed E-state index contributed by atoms with van der Waals surface area (Å²) in [5.41, 5.74) is 0.482. The van der Waals surface area contributed by atoms with Crippen LogP contribution < -0.4 is 14.9 Å². The van der Waals surface area contributed by atoms with Crippen molar-refractivity contribution in [1.29, 1.82) is 0 Å². The van der Waals surface area contributed by atoms with Crippen LogP contribution in [0.15, 0.2) is 47.5 Å². The number of halogens is 1. The standard InChI is InChI=1S/C20H25ClN4O4S/c1-13-11-25(12-14(2)29-13)19-9-6-17(10-22-19)23-20(26)15(3)24-30(27,28)18-7-4-16(21)5-8-18/h4-10,13-15,24H,11-12H2,1-3H3,(H,23,26)/t13?,14?,15-/m0/s1. The van der Waals surface area contributed by atoms with E-state index in [9.17, 15) is 13.2 Å². The number of anilines is 2. The summed E-state index contributed by atoms with van der Waals surface area (Å²) in [7, 11) is -3.85. The summed E-state index contributed by atoms with van der Waals surface area (Å²) in [5, 5.41) is 3.11. The molecule has 0 aliphatic carbocycles. The highest BCUT2D eigenvalue weighted by Gasteiger charge is 2.24. The molecule has 3 atom stereocenters. The minimum absolute atomic E-state index is 0.0338. The number of morpholine rings is 1. The van der Waals surface area contributed by atoms with Crippen LogP contribution in [0.25, 0.3) is 0 Å². The van der Waals surface area contributed by atoms with E-state index in [2.05, 4.69) is 19.9 Å². The highest BCUT2D eigenvalue weighted by molar-refractivity contribution is 7.89. The van der Waals surface area contributed by atoms with Gasteiger partial charge in [0.1, 0.15) is 5.82 Å². The lowest BCUT2D eigenvalue weighted by Gasteiger charge is -2.36. The van der Waals surface area contributed by atoms with E-state index >= 15 is 0 Å². The van der Waals surface area contributed by atoms with Gasteiger partial charge in [-0.05, 0) is 57.2 Å². The summed E-state index contributed by atoms with van der Waals surface area (Å²) in [4.78, 5) is 19.0. The first-order valence-electron chi connectivity index (χ1n) is 9.59. The first-order chi connectivity index (χ1) is 14.1. The number of aromatic nitrogens is 1. The van der Waals surface area contributed by atoms with Gasteiger partial charge in [0.15, 0.2) is 0 Å². The molecule has 1 aromatic carbocycles. The smallest absolute Gasteiger partial charge is 0.242 e. The molecule has 0 spiro atoms. The second kappa shape index (κ2) is 9.30. The number of carbonyl (C=O) groups excluding carboxylic acids is 1. The molecule has 1 saturated heterocycles. The van der Waals surface area contributed by atoms with Crippen molar-refractivity contribution >= 4 is 39.0 Å². The number of benzene rings is 1. The van der Waals surface area contributed by atoms with E-state index in [-0.39, 0.29) is 17.1 Å². The lowest BCUT2D eigenvalue weighted by atomic mass is 10.2. The SMILES string of the molecule is CC1CN(c2ccc(NC(=O)[C@H](C)NS(=O)(=O)c3ccc(Cl)cc3)cn2)CC(C)O1. The number of amides is 1. The number of sulfonamides is 1. The van der Waals surface area contributed by atoms with Crippen molar-refractivity contribution in [2.45, 2.75) is 43.9 Å². The highest BCUT2D eigenvalue weighted by atomic mass is 35.5. The Balaban J connectivity index is 1.60. The molecule has 162 valence electrons. The Hall–Kier alpha value is -2.20. The van der Waals surface area contributed by atoms with Crippen LogP contribution in [0, 0.1) is 0 Å². The van der Waals surface area contributed by atoms with Gasteiger partial charge in [0.05, 0.1) is 35.0 Å². The maximum Gasteiger partial charge on any atom is 0.242 e. The van der Waals surface area contributed by atoms with Crippen molar-refractivity contribution in [2.24, 2.45) is 0 Å². The fourth-order valence-electron chi connectivity index (χ4n) is 3.23. The largest absolute Gasteiger partial charge is 0.372 e. The number of hydrogen-bond acceptors (Lipinski definition) is 6. The Morgan fingerprint density at radius 1 is 1.17 bits per heavy atom. The van der Waals surface area contributed by atoms with Gasteiger partial charge >= 0.3 is 0 Å². The van der Waals surface area contributed by atoms with E-state index < -0.39 is 22.0 Å². The van der Waals surface area contributed by atoms with Crippen LogP contribution in [0.4, 0.5) is 11.5 Å². The monoisotopic (exact) mass is 452 g/mol. The van der Waals surface area contributed by atoms with Crippen molar-refractivity contribution in [3.8, 4) is 0 Å². The molecule has 30 heavy (non-hydrogen) atoms. The molecular formula is C20H25ClN4O4S. The third-order valence-electron chi connectivity index (χ3n) is 4.61. The lowest BCUT2D eigenvalue weighted by Crippen LogP contribution is -2.45. The first kappa shape index (κ1) is 22.5. The number of nitrogens with zero attached hydrogens (tertiary/aromatic N) is 2. The van der Waals surface area contributed by atoms with Crippen molar-refractivity contribution in [1.82, 2.24) is 9.71 Å². The van der Waals surface area contributed by atoms with E-state index in [0.717, 1.165) is 18.9 Å². The average molecular weight is 453 g/mol. The summed E-state index contributed by atoms with van der Waals surface area (Å²) >= 11 is 5.79. The lowest BCUT2D eigenvalue weighted by molar-refractivity contribution is -0.117. The Bertz CT molecular complexity index is 973. The van der Waals surface area contributed by atoms with Gasteiger partial charge < -0.3 is 15.0 Å². The molecule has 1 aliphatic heterocycles. The molecule has 3 rings (SSSR count). The van der Waals surface area contributed by atoms with Crippen LogP contribution in [-0.2, 0) is 19.6 Å². The highest BCUT2D eigenvalue weighted by Crippen LogP contribution is 2.20. The molecule has 8 nitrogen and oxygen atoms in total. The van der Waals surface area contributed by atoms with E-state index in [4.69, 9.17) is 16.3 Å². The number of pyridine rings is 1. The minimum Gasteiger partial charge on any atom is -0.372 e. The van der Waals surface area contributed by atoms with Crippen LogP contribution >= 0.6 is 11.6 Å². The minimum atomic E-state index is -3.85. The molecule has 1 aliphatic rings. The Labute approximate surface area is 181 Å². The summed E-state index contributed by atoms with van der Waals surface area (Å²) in [6, 6.07) is 8.30. The van der Waals surface area contributed by atoms with Gasteiger partial charge in [-0.3, -0.25) is 4.79 Å². The van der Waals surface area contributed by atoms with Gasteiger partial charge in [-0.15, -0.1) is 0 Å². The van der Waals surface area contributed by atoms with Crippen molar-refractivity contribution in [3.05, 3.63) is 47.6 Å². The second-order valence-corrected chi connectivity index (χ2v) is 9.50. The zero-order valence-electron chi connectivity index (χ0n) is 17.0. The molecular weight excluding hydrogens is 428 g/mol. The normalized spacial score (nSPS) is 20.6. The van der Waals surface area contributed by atoms with E-state index in [1.54, 1.807) is 12.3 Å². The van der Waals surface area contributed by atoms with Crippen LogP contribution in [0.3, 0.4) is 0 Å². The topological polar surface area (TPSA) is 101 Å². The van der Waals surface area contributed by atoms with E-state index in [0.29, 0.717) is 10.7 Å². The van der Waals surface area contributed by atoms with Gasteiger partial charge in [-0.1, -0.05) is 11.6 Å². The number of nitrogens with one attached hydrogen (secondary N) is 2. The molecule has 1 aromatic heterocycles. The van der Waals surface area contributed by atoms with Gasteiger partial charge in [0.2, 0.25) is 15.9 Å². The fourth-order valence-corrected chi connectivity index (χ4v) is 4.56. The molecule has 10 heteroatoms. The quantitative estimate of drug-likeness (QED) is 0.698.